The highest BCUT2D eigenvalue weighted by atomic mass is 19.4. The number of aldehydes is 1. The smallest absolute Gasteiger partial charge is 0.421 e. The van der Waals surface area contributed by atoms with Gasteiger partial charge in [-0.2, -0.15) is 13.2 Å². The van der Waals surface area contributed by atoms with Gasteiger partial charge in [-0.3, -0.25) is 9.59 Å². The molecule has 0 N–H and O–H groups in total. The molecular weight excluding hydrogens is 496 g/mol. The Labute approximate surface area is 211 Å². The van der Waals surface area contributed by atoms with E-state index in [2.05, 4.69) is 11.9 Å². The summed E-state index contributed by atoms with van der Waals surface area (Å²) in [5.74, 6) is -3.88. The Bertz CT molecular complexity index is 1170. The van der Waals surface area contributed by atoms with Crippen LogP contribution in [0.5, 0.6) is 11.6 Å². The van der Waals surface area contributed by atoms with Crippen molar-refractivity contribution in [1.29, 1.82) is 0 Å². The average Bonchev–Trinajstić information content (AvgIpc) is 2.84. The molecule has 0 unspecified atom stereocenters. The second-order valence-electron chi connectivity index (χ2n) is 9.39. The number of amides is 1. The lowest BCUT2D eigenvalue weighted by Crippen LogP contribution is -2.43. The molecule has 0 atom stereocenters. The molecule has 7 nitrogen and oxygen atoms in total. The molecule has 200 valence electrons. The van der Waals surface area contributed by atoms with Crippen LogP contribution in [-0.2, 0) is 15.7 Å². The van der Waals surface area contributed by atoms with Crippen LogP contribution in [0.3, 0.4) is 0 Å². The monoisotopic (exact) mass is 524 g/mol. The highest BCUT2D eigenvalue weighted by Crippen LogP contribution is 2.40. The molecule has 1 heterocycles. The third kappa shape index (κ3) is 6.26. The molecule has 3 rings (SSSR count). The number of ether oxygens (including phenoxy) is 2. The van der Waals surface area contributed by atoms with Gasteiger partial charge in [0.15, 0.2) is 17.9 Å². The van der Waals surface area contributed by atoms with Gasteiger partial charge >= 0.3 is 12.1 Å². The van der Waals surface area contributed by atoms with E-state index >= 15 is 4.39 Å². The summed E-state index contributed by atoms with van der Waals surface area (Å²) in [7, 11) is 1.08. The second-order valence-corrected chi connectivity index (χ2v) is 9.39. The van der Waals surface area contributed by atoms with Gasteiger partial charge in [0.1, 0.15) is 5.56 Å². The molecule has 0 saturated heterocycles. The van der Waals surface area contributed by atoms with Crippen LogP contribution in [0.25, 0.3) is 0 Å². The van der Waals surface area contributed by atoms with Gasteiger partial charge < -0.3 is 14.4 Å². The van der Waals surface area contributed by atoms with Crippen LogP contribution >= 0.6 is 0 Å². The Morgan fingerprint density at radius 1 is 1.14 bits per heavy atom. The maximum absolute atomic E-state index is 15.3. The van der Waals surface area contributed by atoms with Gasteiger partial charge in [-0.1, -0.05) is 6.92 Å². The van der Waals surface area contributed by atoms with Gasteiger partial charge in [0.05, 0.1) is 18.4 Å². The Morgan fingerprint density at radius 2 is 1.78 bits per heavy atom. The van der Waals surface area contributed by atoms with E-state index in [0.717, 1.165) is 38.3 Å². The van der Waals surface area contributed by atoms with Gasteiger partial charge in [-0.05, 0) is 51.5 Å². The number of anilines is 1. The minimum absolute atomic E-state index is 0.0735. The van der Waals surface area contributed by atoms with Crippen LogP contribution in [0.15, 0.2) is 24.4 Å². The first-order chi connectivity index (χ1) is 17.4. The quantitative estimate of drug-likeness (QED) is 0.244. The fourth-order valence-electron chi connectivity index (χ4n) is 4.37. The molecule has 0 radical (unpaired) electrons. The number of hydrogen-bond donors (Lipinski definition) is 0. The standard InChI is InChI=1S/C26H28F4N2O5/c1-14(2)32(24(34)17-7-5-15(3)6-8-17)21-11-20(27)22(10-18(21)25(35)36-4)37-23-19(26(28,29)30)9-16(13-33)12-31-23/h9-15,17H,5-8H2,1-4H3. The van der Waals surface area contributed by atoms with Crippen molar-refractivity contribution in [2.45, 2.75) is 58.7 Å². The van der Waals surface area contributed by atoms with Crippen molar-refractivity contribution < 1.29 is 41.4 Å². The van der Waals surface area contributed by atoms with Crippen molar-refractivity contribution in [3.8, 4) is 11.6 Å². The number of pyridine rings is 1. The number of rotatable bonds is 7. The van der Waals surface area contributed by atoms with E-state index in [0.29, 0.717) is 24.8 Å². The zero-order valence-electron chi connectivity index (χ0n) is 20.9. The summed E-state index contributed by atoms with van der Waals surface area (Å²) in [6.45, 7) is 5.53. The van der Waals surface area contributed by atoms with Crippen molar-refractivity contribution in [1.82, 2.24) is 4.98 Å². The molecule has 0 spiro atoms. The zero-order chi connectivity index (χ0) is 27.5. The summed E-state index contributed by atoms with van der Waals surface area (Å²) in [4.78, 5) is 41.9. The molecule has 1 aromatic heterocycles. The van der Waals surface area contributed by atoms with E-state index in [4.69, 9.17) is 9.47 Å². The maximum Gasteiger partial charge on any atom is 0.421 e. The van der Waals surface area contributed by atoms with Crippen molar-refractivity contribution in [2.75, 3.05) is 12.0 Å². The summed E-state index contributed by atoms with van der Waals surface area (Å²) < 4.78 is 65.8. The fraction of sp³-hybridized carbons (Fsp3) is 0.462. The SMILES string of the molecule is COC(=O)c1cc(Oc2ncc(C=O)cc2C(F)(F)F)c(F)cc1N(C(=O)C1CCC(C)CC1)C(C)C. The Kier molecular flexibility index (Phi) is 8.55. The third-order valence-corrected chi connectivity index (χ3v) is 6.35. The van der Waals surface area contributed by atoms with E-state index in [1.165, 1.54) is 4.90 Å². The number of esters is 1. The number of methoxy groups -OCH3 is 1. The van der Waals surface area contributed by atoms with Crippen LogP contribution in [0.2, 0.25) is 0 Å². The molecule has 1 fully saturated rings. The van der Waals surface area contributed by atoms with E-state index in [-0.39, 0.29) is 34.9 Å². The predicted molar refractivity (Wildman–Crippen MR) is 126 cm³/mol. The van der Waals surface area contributed by atoms with E-state index < -0.39 is 41.2 Å². The van der Waals surface area contributed by atoms with Crippen LogP contribution in [0, 0.1) is 17.7 Å². The first-order valence-electron chi connectivity index (χ1n) is 11.8. The van der Waals surface area contributed by atoms with E-state index in [1.54, 1.807) is 13.8 Å². The first-order valence-corrected chi connectivity index (χ1v) is 11.8. The van der Waals surface area contributed by atoms with Crippen LogP contribution < -0.4 is 9.64 Å². The van der Waals surface area contributed by atoms with Crippen molar-refractivity contribution in [3.63, 3.8) is 0 Å². The normalized spacial score (nSPS) is 17.9. The number of aromatic nitrogens is 1. The summed E-state index contributed by atoms with van der Waals surface area (Å²) >= 11 is 0. The first kappa shape index (κ1) is 28.1. The molecule has 1 aliphatic rings. The van der Waals surface area contributed by atoms with Gasteiger partial charge in [0.2, 0.25) is 11.8 Å². The topological polar surface area (TPSA) is 85.8 Å². The Morgan fingerprint density at radius 3 is 2.32 bits per heavy atom. The number of carbonyl (C=O) groups excluding carboxylic acids is 3. The summed E-state index contributed by atoms with van der Waals surface area (Å²) in [6.07, 6.45) is -0.889. The van der Waals surface area contributed by atoms with Gasteiger partial charge in [0, 0.05) is 35.9 Å². The van der Waals surface area contributed by atoms with E-state index in [9.17, 15) is 27.6 Å². The molecule has 2 aromatic rings. The number of carbonyl (C=O) groups is 3. The lowest BCUT2D eigenvalue weighted by atomic mass is 9.82. The number of benzene rings is 1. The molecule has 0 aliphatic heterocycles. The molecular formula is C26H28F4N2O5. The highest BCUT2D eigenvalue weighted by molar-refractivity contribution is 6.04. The molecule has 1 saturated carbocycles. The lowest BCUT2D eigenvalue weighted by molar-refractivity contribution is -0.139. The summed E-state index contributed by atoms with van der Waals surface area (Å²) in [6, 6.07) is 1.82. The zero-order valence-corrected chi connectivity index (χ0v) is 20.9. The van der Waals surface area contributed by atoms with E-state index in [1.807, 2.05) is 0 Å². The molecule has 1 aromatic carbocycles. The van der Waals surface area contributed by atoms with Gasteiger partial charge in [-0.15, -0.1) is 0 Å². The number of nitrogens with zero attached hydrogens (tertiary/aromatic N) is 2. The number of halogens is 4. The lowest BCUT2D eigenvalue weighted by Gasteiger charge is -2.34. The minimum Gasteiger partial charge on any atom is -0.465 e. The van der Waals surface area contributed by atoms with Crippen molar-refractivity contribution in [2.24, 2.45) is 11.8 Å². The maximum atomic E-state index is 15.3. The van der Waals surface area contributed by atoms with Gasteiger partial charge in [0.25, 0.3) is 0 Å². The fourth-order valence-corrected chi connectivity index (χ4v) is 4.37. The van der Waals surface area contributed by atoms with Crippen molar-refractivity contribution in [3.05, 3.63) is 46.9 Å². The average molecular weight is 525 g/mol. The van der Waals surface area contributed by atoms with Crippen LogP contribution in [0.4, 0.5) is 23.2 Å². The second kappa shape index (κ2) is 11.3. The number of alkyl halides is 3. The Balaban J connectivity index is 2.08. The van der Waals surface area contributed by atoms with Crippen molar-refractivity contribution >= 4 is 23.9 Å². The molecule has 1 amide bonds. The molecule has 37 heavy (non-hydrogen) atoms. The predicted octanol–water partition coefficient (Wildman–Crippen LogP) is 6.20. The summed E-state index contributed by atoms with van der Waals surface area (Å²) in [5, 5.41) is 0. The minimum atomic E-state index is -4.96. The summed E-state index contributed by atoms with van der Waals surface area (Å²) in [5.41, 5.74) is -2.08. The van der Waals surface area contributed by atoms with Crippen LogP contribution in [-0.4, -0.2) is 36.3 Å². The van der Waals surface area contributed by atoms with Crippen LogP contribution in [0.1, 0.15) is 72.7 Å². The third-order valence-electron chi connectivity index (χ3n) is 6.35. The Hall–Kier alpha value is -3.50. The van der Waals surface area contributed by atoms with Gasteiger partial charge in [-0.25, -0.2) is 14.2 Å². The molecule has 0 bridgehead atoms. The largest absolute Gasteiger partial charge is 0.465 e. The molecule has 1 aliphatic carbocycles. The molecule has 11 heteroatoms. The highest BCUT2D eigenvalue weighted by Gasteiger charge is 2.37. The number of hydrogen-bond acceptors (Lipinski definition) is 6.